The highest BCUT2D eigenvalue weighted by Crippen LogP contribution is 2.30. The molecule has 0 aliphatic rings. The van der Waals surface area contributed by atoms with Crippen LogP contribution in [-0.2, 0) is 6.18 Å². The Morgan fingerprint density at radius 3 is 2.46 bits per heavy atom. The maximum Gasteiger partial charge on any atom is 0.416 e. The molecule has 0 saturated heterocycles. The fourth-order valence-corrected chi connectivity index (χ4v) is 2.99. The van der Waals surface area contributed by atoms with Gasteiger partial charge in [-0.2, -0.15) is 13.2 Å². The summed E-state index contributed by atoms with van der Waals surface area (Å²) in [5.74, 6) is 0.423. The molecule has 9 heteroatoms. The molecule has 0 fully saturated rings. The number of nitrogens with zero attached hydrogens (tertiary/aromatic N) is 1. The minimum Gasteiger partial charge on any atom is -0.492 e. The molecule has 0 saturated carbocycles. The first-order chi connectivity index (χ1) is 13.4. The molecule has 3 rings (SSSR count). The summed E-state index contributed by atoms with van der Waals surface area (Å²) in [7, 11) is 0. The topological polar surface area (TPSA) is 63.2 Å². The van der Waals surface area contributed by atoms with Gasteiger partial charge >= 0.3 is 6.18 Å². The van der Waals surface area contributed by atoms with E-state index in [0.717, 1.165) is 29.2 Å². The van der Waals surface area contributed by atoms with E-state index in [-0.39, 0.29) is 5.91 Å². The van der Waals surface area contributed by atoms with Crippen molar-refractivity contribution < 1.29 is 22.7 Å². The Labute approximate surface area is 163 Å². The molecule has 28 heavy (non-hydrogen) atoms. The lowest BCUT2D eigenvalue weighted by Gasteiger charge is -2.08. The zero-order valence-electron chi connectivity index (χ0n) is 14.5. The Bertz CT molecular complexity index is 912. The summed E-state index contributed by atoms with van der Waals surface area (Å²) in [6.45, 7) is 0.651. The second kappa shape index (κ2) is 8.75. The minimum absolute atomic E-state index is 0.297. The van der Waals surface area contributed by atoms with Crippen LogP contribution in [0.3, 0.4) is 0 Å². The summed E-state index contributed by atoms with van der Waals surface area (Å²) in [4.78, 5) is 16.6. The van der Waals surface area contributed by atoms with Crippen LogP contribution in [0.4, 0.5) is 24.0 Å². The first-order valence-electron chi connectivity index (χ1n) is 8.28. The summed E-state index contributed by atoms with van der Waals surface area (Å²) in [6.07, 6.45) is -2.97. The maximum absolute atomic E-state index is 12.6. The molecular formula is C19H16F3N3O2S. The number of halogens is 3. The Balaban J connectivity index is 1.48. The zero-order valence-corrected chi connectivity index (χ0v) is 15.3. The summed E-state index contributed by atoms with van der Waals surface area (Å²) in [5.41, 5.74) is -0.277. The Hall–Kier alpha value is -3.07. The largest absolute Gasteiger partial charge is 0.492 e. The summed E-state index contributed by atoms with van der Waals surface area (Å²) in [5, 5.41) is 6.01. The smallest absolute Gasteiger partial charge is 0.416 e. The first-order valence-corrected chi connectivity index (χ1v) is 9.09. The second-order valence-electron chi connectivity index (χ2n) is 5.65. The number of carbonyl (C=O) groups excluding carboxylic acids is 1. The van der Waals surface area contributed by atoms with Crippen molar-refractivity contribution in [2.45, 2.75) is 6.18 Å². The predicted molar refractivity (Wildman–Crippen MR) is 101 cm³/mol. The van der Waals surface area contributed by atoms with Crippen molar-refractivity contribution in [3.05, 3.63) is 71.2 Å². The van der Waals surface area contributed by atoms with E-state index in [1.54, 1.807) is 0 Å². The van der Waals surface area contributed by atoms with E-state index in [0.29, 0.717) is 28.8 Å². The number of carbonyl (C=O) groups is 1. The van der Waals surface area contributed by atoms with Gasteiger partial charge in [-0.15, -0.1) is 0 Å². The van der Waals surface area contributed by atoms with Crippen LogP contribution in [0.1, 0.15) is 15.2 Å². The van der Waals surface area contributed by atoms with E-state index in [9.17, 15) is 18.0 Å². The molecule has 146 valence electrons. The molecule has 0 aliphatic heterocycles. The lowest BCUT2D eigenvalue weighted by atomic mass is 10.2. The van der Waals surface area contributed by atoms with Gasteiger partial charge in [0.05, 0.1) is 18.3 Å². The number of rotatable bonds is 7. The highest BCUT2D eigenvalue weighted by molar-refractivity contribution is 7.17. The fraction of sp³-hybridized carbons (Fsp3) is 0.158. The number of aromatic nitrogens is 1. The van der Waals surface area contributed by atoms with Gasteiger partial charge in [0.1, 0.15) is 17.2 Å². The van der Waals surface area contributed by atoms with Gasteiger partial charge in [0.25, 0.3) is 5.91 Å². The Morgan fingerprint density at radius 2 is 1.79 bits per heavy atom. The van der Waals surface area contributed by atoms with Gasteiger partial charge in [-0.25, -0.2) is 4.98 Å². The number of thiazole rings is 1. The predicted octanol–water partition coefficient (Wildman–Crippen LogP) is 4.71. The minimum atomic E-state index is -4.38. The van der Waals surface area contributed by atoms with Crippen molar-refractivity contribution in [2.24, 2.45) is 0 Å². The number of benzene rings is 2. The molecule has 1 aromatic heterocycles. The number of amides is 1. The number of ether oxygens (including phenoxy) is 1. The van der Waals surface area contributed by atoms with E-state index in [1.165, 1.54) is 18.3 Å². The van der Waals surface area contributed by atoms with Gasteiger partial charge < -0.3 is 15.4 Å². The molecular weight excluding hydrogens is 391 g/mol. The molecule has 1 heterocycles. The third-order valence-corrected chi connectivity index (χ3v) is 4.50. The van der Waals surface area contributed by atoms with Crippen LogP contribution in [0.2, 0.25) is 0 Å². The second-order valence-corrected chi connectivity index (χ2v) is 6.68. The van der Waals surface area contributed by atoms with Crippen LogP contribution in [0.5, 0.6) is 5.75 Å². The summed E-state index contributed by atoms with van der Waals surface area (Å²) in [6, 6.07) is 13.8. The van der Waals surface area contributed by atoms with Gasteiger partial charge in [0.15, 0.2) is 5.13 Å². The molecule has 0 atom stereocenters. The van der Waals surface area contributed by atoms with Crippen molar-refractivity contribution >= 4 is 28.1 Å². The van der Waals surface area contributed by atoms with E-state index >= 15 is 0 Å². The monoisotopic (exact) mass is 407 g/mol. The number of para-hydroxylation sites is 1. The number of hydrogen-bond donors (Lipinski definition) is 2. The van der Waals surface area contributed by atoms with Crippen molar-refractivity contribution in [1.29, 1.82) is 0 Å². The Morgan fingerprint density at radius 1 is 1.07 bits per heavy atom. The van der Waals surface area contributed by atoms with Gasteiger partial charge in [-0.05, 0) is 36.4 Å². The average molecular weight is 407 g/mol. The van der Waals surface area contributed by atoms with Gasteiger partial charge in [-0.1, -0.05) is 29.5 Å². The molecule has 3 aromatic rings. The molecule has 0 radical (unpaired) electrons. The van der Waals surface area contributed by atoms with E-state index < -0.39 is 11.7 Å². The van der Waals surface area contributed by atoms with Gasteiger partial charge in [0.2, 0.25) is 0 Å². The van der Waals surface area contributed by atoms with Crippen molar-refractivity contribution in [1.82, 2.24) is 10.3 Å². The lowest BCUT2D eigenvalue weighted by Crippen LogP contribution is -2.27. The number of anilines is 2. The SMILES string of the molecule is O=C(NCCOc1ccccc1)c1cnc(Nc2ccc(C(F)(F)F)cc2)s1. The van der Waals surface area contributed by atoms with Crippen LogP contribution in [0, 0.1) is 0 Å². The third-order valence-electron chi connectivity index (χ3n) is 3.59. The highest BCUT2D eigenvalue weighted by Gasteiger charge is 2.29. The van der Waals surface area contributed by atoms with E-state index in [4.69, 9.17) is 4.74 Å². The summed E-state index contributed by atoms with van der Waals surface area (Å²) < 4.78 is 43.2. The van der Waals surface area contributed by atoms with Crippen LogP contribution in [-0.4, -0.2) is 24.0 Å². The highest BCUT2D eigenvalue weighted by atomic mass is 32.1. The fourth-order valence-electron chi connectivity index (χ4n) is 2.24. The molecule has 2 N–H and O–H groups in total. The summed E-state index contributed by atoms with van der Waals surface area (Å²) >= 11 is 1.10. The molecule has 0 unspecified atom stereocenters. The van der Waals surface area contributed by atoms with E-state index in [1.807, 2.05) is 30.3 Å². The molecule has 1 amide bonds. The molecule has 0 bridgehead atoms. The quantitative estimate of drug-likeness (QED) is 0.557. The third kappa shape index (κ3) is 5.46. The molecule has 0 spiro atoms. The average Bonchev–Trinajstić information content (AvgIpc) is 3.14. The molecule has 5 nitrogen and oxygen atoms in total. The van der Waals surface area contributed by atoms with Crippen LogP contribution in [0.25, 0.3) is 0 Å². The van der Waals surface area contributed by atoms with Crippen LogP contribution in [0.15, 0.2) is 60.8 Å². The van der Waals surface area contributed by atoms with Crippen molar-refractivity contribution in [3.63, 3.8) is 0 Å². The number of hydrogen-bond acceptors (Lipinski definition) is 5. The normalized spacial score (nSPS) is 11.1. The van der Waals surface area contributed by atoms with Crippen molar-refractivity contribution in [2.75, 3.05) is 18.5 Å². The zero-order chi connectivity index (χ0) is 20.0. The lowest BCUT2D eigenvalue weighted by molar-refractivity contribution is -0.137. The number of alkyl halides is 3. The maximum atomic E-state index is 12.6. The van der Waals surface area contributed by atoms with Gasteiger partial charge in [0, 0.05) is 5.69 Å². The van der Waals surface area contributed by atoms with Crippen LogP contribution >= 0.6 is 11.3 Å². The first kappa shape index (κ1) is 19.7. The molecule has 2 aromatic carbocycles. The number of nitrogens with one attached hydrogen (secondary N) is 2. The van der Waals surface area contributed by atoms with Crippen LogP contribution < -0.4 is 15.4 Å². The van der Waals surface area contributed by atoms with E-state index in [2.05, 4.69) is 15.6 Å². The van der Waals surface area contributed by atoms with Gasteiger partial charge in [-0.3, -0.25) is 4.79 Å². The van der Waals surface area contributed by atoms with Crippen molar-refractivity contribution in [3.8, 4) is 5.75 Å². The standard InChI is InChI=1S/C19H16F3N3O2S/c20-19(21,22)13-6-8-14(9-7-13)25-18-24-12-16(28-18)17(26)23-10-11-27-15-4-2-1-3-5-15/h1-9,12H,10-11H2,(H,23,26)(H,24,25). The molecule has 0 aliphatic carbocycles. The Kier molecular flexibility index (Phi) is 6.15.